The molecule has 1 unspecified atom stereocenters. The Morgan fingerprint density at radius 2 is 1.31 bits per heavy atom. The third-order valence-corrected chi connectivity index (χ3v) is 7.98. The predicted octanol–water partition coefficient (Wildman–Crippen LogP) is 7.19. The molecule has 1 atom stereocenters. The molecule has 0 aliphatic rings. The molecule has 0 fully saturated rings. The van der Waals surface area contributed by atoms with Crippen molar-refractivity contribution in [3.63, 3.8) is 0 Å². The molecule has 4 rings (SSSR count). The summed E-state index contributed by atoms with van der Waals surface area (Å²) < 4.78 is 45.2. The van der Waals surface area contributed by atoms with Crippen LogP contribution in [0.4, 0.5) is 10.5 Å². The number of benzene rings is 4. The fourth-order valence-electron chi connectivity index (χ4n) is 4.22. The van der Waals surface area contributed by atoms with E-state index in [1.165, 1.54) is 12.1 Å². The molecular weight excluding hydrogens is 592 g/mol. The van der Waals surface area contributed by atoms with Gasteiger partial charge in [0.2, 0.25) is 10.0 Å². The lowest BCUT2D eigenvalue weighted by Crippen LogP contribution is -2.47. The molecule has 0 saturated heterocycles. The SMILES string of the molecule is CC(C)C(NS(=O)(=O)c1ccc(-c2ccc(OC(=O)Nc3ccc(OCc4ccccc4)cc3)cc2)cc1)C(=O)OC(C)(C)C. The van der Waals surface area contributed by atoms with E-state index in [1.807, 2.05) is 30.3 Å². The molecule has 236 valence electrons. The van der Waals surface area contributed by atoms with Gasteiger partial charge in [-0.3, -0.25) is 10.1 Å². The van der Waals surface area contributed by atoms with E-state index < -0.39 is 33.7 Å². The van der Waals surface area contributed by atoms with Gasteiger partial charge in [-0.25, -0.2) is 13.2 Å². The minimum Gasteiger partial charge on any atom is -0.489 e. The Bertz CT molecular complexity index is 1680. The second-order valence-electron chi connectivity index (χ2n) is 11.7. The number of ether oxygens (including phenoxy) is 3. The molecular formula is C35H38N2O7S. The average Bonchev–Trinajstić information content (AvgIpc) is 2.99. The Morgan fingerprint density at radius 1 is 0.756 bits per heavy atom. The number of carbonyl (C=O) groups is 2. The van der Waals surface area contributed by atoms with Crippen molar-refractivity contribution in [2.75, 3.05) is 5.32 Å². The monoisotopic (exact) mass is 630 g/mol. The molecule has 1 amide bonds. The number of esters is 1. The van der Waals surface area contributed by atoms with E-state index >= 15 is 0 Å². The lowest BCUT2D eigenvalue weighted by atomic mass is 10.1. The number of hydrogen-bond donors (Lipinski definition) is 2. The van der Waals surface area contributed by atoms with Crippen LogP contribution >= 0.6 is 0 Å². The quantitative estimate of drug-likeness (QED) is 0.168. The number of rotatable bonds is 11. The van der Waals surface area contributed by atoms with Crippen LogP contribution in [0, 0.1) is 5.92 Å². The maximum absolute atomic E-state index is 13.1. The standard InChI is InChI=1S/C35H38N2O7S/c1-24(2)32(33(38)44-35(3,4)5)37-45(40,41)31-21-13-27(14-22-31)26-11-17-30(18-12-26)43-34(39)36-28-15-19-29(20-16-28)42-23-25-9-7-6-8-10-25/h6-22,24,32,37H,23H2,1-5H3,(H,36,39). The molecule has 0 aliphatic carbocycles. The lowest BCUT2D eigenvalue weighted by molar-refractivity contribution is -0.158. The van der Waals surface area contributed by atoms with Gasteiger partial charge in [0.05, 0.1) is 4.90 Å². The molecule has 0 saturated carbocycles. The predicted molar refractivity (Wildman–Crippen MR) is 174 cm³/mol. The van der Waals surface area contributed by atoms with Crippen molar-refractivity contribution in [2.45, 2.75) is 57.8 Å². The Labute approximate surface area is 264 Å². The summed E-state index contributed by atoms with van der Waals surface area (Å²) in [5.74, 6) is 0.0675. The first-order chi connectivity index (χ1) is 21.3. The van der Waals surface area contributed by atoms with Gasteiger partial charge in [0, 0.05) is 5.69 Å². The summed E-state index contributed by atoms with van der Waals surface area (Å²) in [6, 6.07) is 28.9. The van der Waals surface area contributed by atoms with Gasteiger partial charge < -0.3 is 14.2 Å². The van der Waals surface area contributed by atoms with Gasteiger partial charge >= 0.3 is 12.1 Å². The van der Waals surface area contributed by atoms with Crippen molar-refractivity contribution in [3.8, 4) is 22.6 Å². The van der Waals surface area contributed by atoms with Crippen molar-refractivity contribution in [3.05, 3.63) is 109 Å². The summed E-state index contributed by atoms with van der Waals surface area (Å²) >= 11 is 0. The minimum absolute atomic E-state index is 0.0212. The highest BCUT2D eigenvalue weighted by Crippen LogP contribution is 2.25. The number of sulfonamides is 1. The van der Waals surface area contributed by atoms with Crippen molar-refractivity contribution < 1.29 is 32.2 Å². The van der Waals surface area contributed by atoms with Crippen LogP contribution in [0.3, 0.4) is 0 Å². The number of carbonyl (C=O) groups excluding carboxylic acids is 2. The molecule has 9 nitrogen and oxygen atoms in total. The fraction of sp³-hybridized carbons (Fsp3) is 0.257. The molecule has 0 aromatic heterocycles. The van der Waals surface area contributed by atoms with Crippen LogP contribution in [0.25, 0.3) is 11.1 Å². The van der Waals surface area contributed by atoms with Gasteiger partial charge in [0.25, 0.3) is 0 Å². The summed E-state index contributed by atoms with van der Waals surface area (Å²) in [5, 5.41) is 2.69. The van der Waals surface area contributed by atoms with Crippen LogP contribution in [0.15, 0.2) is 108 Å². The Kier molecular flexibility index (Phi) is 10.6. The van der Waals surface area contributed by atoms with Gasteiger partial charge in [-0.15, -0.1) is 0 Å². The van der Waals surface area contributed by atoms with Crippen LogP contribution in [-0.4, -0.2) is 32.1 Å². The van der Waals surface area contributed by atoms with E-state index in [9.17, 15) is 18.0 Å². The average molecular weight is 631 g/mol. The third-order valence-electron chi connectivity index (χ3n) is 6.52. The molecule has 10 heteroatoms. The highest BCUT2D eigenvalue weighted by molar-refractivity contribution is 7.89. The Balaban J connectivity index is 1.32. The van der Waals surface area contributed by atoms with Crippen LogP contribution in [0.1, 0.15) is 40.2 Å². The molecule has 0 heterocycles. The van der Waals surface area contributed by atoms with E-state index in [0.29, 0.717) is 23.8 Å². The van der Waals surface area contributed by atoms with E-state index in [2.05, 4.69) is 10.0 Å². The normalized spacial score (nSPS) is 12.3. The molecule has 4 aromatic carbocycles. The number of nitrogens with one attached hydrogen (secondary N) is 2. The second-order valence-corrected chi connectivity index (χ2v) is 13.5. The first kappa shape index (κ1) is 33.2. The Hall–Kier alpha value is -4.67. The van der Waals surface area contributed by atoms with E-state index in [-0.39, 0.29) is 10.8 Å². The fourth-order valence-corrected chi connectivity index (χ4v) is 5.56. The van der Waals surface area contributed by atoms with Crippen LogP contribution in [0.5, 0.6) is 11.5 Å². The zero-order valence-electron chi connectivity index (χ0n) is 25.9. The van der Waals surface area contributed by atoms with Gasteiger partial charge in [-0.05, 0) is 91.9 Å². The summed E-state index contributed by atoms with van der Waals surface area (Å²) in [4.78, 5) is 25.1. The number of hydrogen-bond acceptors (Lipinski definition) is 7. The van der Waals surface area contributed by atoms with Gasteiger partial charge in [0.15, 0.2) is 0 Å². The topological polar surface area (TPSA) is 120 Å². The first-order valence-electron chi connectivity index (χ1n) is 14.5. The second kappa shape index (κ2) is 14.4. The van der Waals surface area contributed by atoms with E-state index in [4.69, 9.17) is 14.2 Å². The van der Waals surface area contributed by atoms with Crippen LogP contribution in [0.2, 0.25) is 0 Å². The number of anilines is 1. The summed E-state index contributed by atoms with van der Waals surface area (Å²) in [6.07, 6.45) is -0.645. The molecule has 0 bridgehead atoms. The molecule has 0 aliphatic heterocycles. The van der Waals surface area contributed by atoms with Gasteiger partial charge in [0.1, 0.15) is 29.7 Å². The van der Waals surface area contributed by atoms with Crippen molar-refractivity contribution >= 4 is 27.8 Å². The lowest BCUT2D eigenvalue weighted by Gasteiger charge is -2.26. The summed E-state index contributed by atoms with van der Waals surface area (Å²) in [6.45, 7) is 9.13. The highest BCUT2D eigenvalue weighted by atomic mass is 32.2. The van der Waals surface area contributed by atoms with Crippen molar-refractivity contribution in [1.29, 1.82) is 0 Å². The summed E-state index contributed by atoms with van der Waals surface area (Å²) in [5.41, 5.74) is 2.42. The van der Waals surface area contributed by atoms with Gasteiger partial charge in [-0.2, -0.15) is 4.72 Å². The maximum atomic E-state index is 13.1. The van der Waals surface area contributed by atoms with Gasteiger partial charge in [-0.1, -0.05) is 68.4 Å². The van der Waals surface area contributed by atoms with Crippen molar-refractivity contribution in [1.82, 2.24) is 4.72 Å². The Morgan fingerprint density at radius 3 is 1.87 bits per heavy atom. The zero-order valence-corrected chi connectivity index (χ0v) is 26.8. The van der Waals surface area contributed by atoms with Crippen molar-refractivity contribution in [2.24, 2.45) is 5.92 Å². The molecule has 4 aromatic rings. The molecule has 2 N–H and O–H groups in total. The minimum atomic E-state index is -3.99. The first-order valence-corrected chi connectivity index (χ1v) is 16.0. The van der Waals surface area contributed by atoms with Crippen LogP contribution in [-0.2, 0) is 26.2 Å². The maximum Gasteiger partial charge on any atom is 0.417 e. The third kappa shape index (κ3) is 9.92. The molecule has 0 spiro atoms. The largest absolute Gasteiger partial charge is 0.489 e. The van der Waals surface area contributed by atoms with Crippen LogP contribution < -0.4 is 19.5 Å². The smallest absolute Gasteiger partial charge is 0.417 e. The zero-order chi connectivity index (χ0) is 32.6. The molecule has 0 radical (unpaired) electrons. The number of amides is 1. The molecule has 45 heavy (non-hydrogen) atoms. The highest BCUT2D eigenvalue weighted by Gasteiger charge is 2.32. The summed E-state index contributed by atoms with van der Waals surface area (Å²) in [7, 11) is -3.99. The van der Waals surface area contributed by atoms with E-state index in [1.54, 1.807) is 95.3 Å². The van der Waals surface area contributed by atoms with E-state index in [0.717, 1.165) is 16.7 Å².